The normalized spacial score (nSPS) is 48.1. The largest absolute Gasteiger partial charge is 0.509 e. The minimum absolute atomic E-state index is 0.105. The molecule has 6 atom stereocenters. The van der Waals surface area contributed by atoms with Crippen LogP contribution in [0.4, 0.5) is 0 Å². The molecule has 3 nitrogen and oxygen atoms in total. The van der Waals surface area contributed by atoms with Gasteiger partial charge in [0.25, 0.3) is 0 Å². The van der Waals surface area contributed by atoms with Crippen LogP contribution in [0.25, 0.3) is 0 Å². The van der Waals surface area contributed by atoms with Crippen LogP contribution in [0.1, 0.15) is 32.6 Å². The molecular formula is C18H22O3. The maximum Gasteiger partial charge on any atom is 0.139 e. The average Bonchev–Trinajstić information content (AvgIpc) is 2.78. The fraction of sp³-hybridized carbons (Fsp3) is 0.611. The Kier molecular flexibility index (Phi) is 2.74. The lowest BCUT2D eigenvalue weighted by molar-refractivity contribution is -0.129. The number of fused-ring (bicyclic) bond motifs is 5. The van der Waals surface area contributed by atoms with Gasteiger partial charge in [0.2, 0.25) is 0 Å². The average molecular weight is 286 g/mol. The number of rotatable bonds is 0. The van der Waals surface area contributed by atoms with Gasteiger partial charge >= 0.3 is 0 Å². The van der Waals surface area contributed by atoms with E-state index < -0.39 is 6.10 Å². The van der Waals surface area contributed by atoms with Gasteiger partial charge in [0, 0.05) is 17.8 Å². The van der Waals surface area contributed by atoms with Crippen LogP contribution in [0.5, 0.6) is 0 Å². The van der Waals surface area contributed by atoms with Crippen LogP contribution in [0.15, 0.2) is 35.6 Å². The van der Waals surface area contributed by atoms with Crippen LogP contribution in [0, 0.1) is 29.1 Å². The fourth-order valence-electron chi connectivity index (χ4n) is 5.24. The smallest absolute Gasteiger partial charge is 0.139 e. The molecule has 0 aromatic heterocycles. The standard InChI is InChI=1S/C18H22O3/c1-18-9-8-11-10-4-6-15(19)17(21)13(10)3-2-12(11)14(18)5-7-16(18)20/h2-4,6,10-12,14-15,19,21H,5,7-9H2,1H3/t10-,11-,12-,14+,15?,18+/m1/s1. The topological polar surface area (TPSA) is 57.5 Å². The van der Waals surface area contributed by atoms with E-state index in [1.54, 1.807) is 6.08 Å². The Morgan fingerprint density at radius 1 is 1.24 bits per heavy atom. The van der Waals surface area contributed by atoms with Gasteiger partial charge in [0.1, 0.15) is 17.6 Å². The molecule has 4 rings (SSSR count). The van der Waals surface area contributed by atoms with Crippen molar-refractivity contribution in [3.8, 4) is 0 Å². The van der Waals surface area contributed by atoms with Gasteiger partial charge in [0.05, 0.1) is 0 Å². The quantitative estimate of drug-likeness (QED) is 0.673. The first-order chi connectivity index (χ1) is 10.0. The van der Waals surface area contributed by atoms with Crippen molar-refractivity contribution in [2.45, 2.75) is 38.7 Å². The summed E-state index contributed by atoms with van der Waals surface area (Å²) in [5.41, 5.74) is 0.742. The van der Waals surface area contributed by atoms with Gasteiger partial charge in [-0.05, 0) is 42.6 Å². The predicted molar refractivity (Wildman–Crippen MR) is 79.5 cm³/mol. The molecule has 4 aliphatic rings. The van der Waals surface area contributed by atoms with Crippen LogP contribution in [0.2, 0.25) is 0 Å². The van der Waals surface area contributed by atoms with Gasteiger partial charge in [0.15, 0.2) is 0 Å². The molecule has 2 N–H and O–H groups in total. The van der Waals surface area contributed by atoms with Crippen LogP contribution >= 0.6 is 0 Å². The Balaban J connectivity index is 1.74. The van der Waals surface area contributed by atoms with Gasteiger partial charge in [-0.2, -0.15) is 0 Å². The first-order valence-electron chi connectivity index (χ1n) is 8.03. The number of allylic oxidation sites excluding steroid dienone is 4. The minimum Gasteiger partial charge on any atom is -0.509 e. The lowest BCUT2D eigenvalue weighted by Gasteiger charge is -2.49. The highest BCUT2D eigenvalue weighted by Gasteiger charge is 2.55. The number of carbonyl (C=O) groups excluding carboxylic acids is 1. The highest BCUT2D eigenvalue weighted by molar-refractivity contribution is 5.87. The van der Waals surface area contributed by atoms with E-state index in [1.165, 1.54) is 0 Å². The van der Waals surface area contributed by atoms with Gasteiger partial charge in [-0.15, -0.1) is 0 Å². The SMILES string of the molecule is C[C@]12CC[C@H]3[C@@H](C=CC4=C(O)C(O)C=C[C@@H]43)[C@@H]1CCC2=O. The highest BCUT2D eigenvalue weighted by Crippen LogP contribution is 2.58. The summed E-state index contributed by atoms with van der Waals surface area (Å²) in [4.78, 5) is 12.3. The van der Waals surface area contributed by atoms with Crippen molar-refractivity contribution >= 4 is 5.78 Å². The summed E-state index contributed by atoms with van der Waals surface area (Å²) in [5.74, 6) is 2.08. The summed E-state index contributed by atoms with van der Waals surface area (Å²) in [7, 11) is 0. The van der Waals surface area contributed by atoms with E-state index in [4.69, 9.17) is 0 Å². The maximum absolute atomic E-state index is 12.3. The lowest BCUT2D eigenvalue weighted by atomic mass is 9.55. The Labute approximate surface area is 125 Å². The van der Waals surface area contributed by atoms with Crippen molar-refractivity contribution in [1.82, 2.24) is 0 Å². The minimum atomic E-state index is -0.862. The third-order valence-electron chi connectivity index (χ3n) is 6.49. The molecule has 0 amide bonds. The van der Waals surface area contributed by atoms with Crippen LogP contribution < -0.4 is 0 Å². The Bertz CT molecular complexity index is 585. The maximum atomic E-state index is 12.3. The number of hydrogen-bond acceptors (Lipinski definition) is 3. The van der Waals surface area contributed by atoms with Crippen molar-refractivity contribution in [3.05, 3.63) is 35.6 Å². The van der Waals surface area contributed by atoms with E-state index in [0.29, 0.717) is 23.5 Å². The monoisotopic (exact) mass is 286 g/mol. The van der Waals surface area contributed by atoms with Gasteiger partial charge in [-0.3, -0.25) is 4.79 Å². The van der Waals surface area contributed by atoms with E-state index in [0.717, 1.165) is 31.3 Å². The number of carbonyl (C=O) groups is 1. The van der Waals surface area contributed by atoms with Crippen LogP contribution in [-0.4, -0.2) is 22.1 Å². The van der Waals surface area contributed by atoms with Crippen LogP contribution in [0.3, 0.4) is 0 Å². The van der Waals surface area contributed by atoms with Crippen molar-refractivity contribution < 1.29 is 15.0 Å². The summed E-state index contributed by atoms with van der Waals surface area (Å²) >= 11 is 0. The summed E-state index contributed by atoms with van der Waals surface area (Å²) in [6, 6.07) is 0. The van der Waals surface area contributed by atoms with Gasteiger partial charge in [-0.1, -0.05) is 31.2 Å². The zero-order valence-electron chi connectivity index (χ0n) is 12.3. The number of aliphatic hydroxyl groups is 2. The number of aliphatic hydroxyl groups excluding tert-OH is 2. The molecule has 1 unspecified atom stereocenters. The number of ketones is 1. The van der Waals surface area contributed by atoms with E-state index >= 15 is 0 Å². The highest BCUT2D eigenvalue weighted by atomic mass is 16.3. The van der Waals surface area contributed by atoms with E-state index in [-0.39, 0.29) is 17.1 Å². The molecular weight excluding hydrogens is 264 g/mol. The molecule has 4 aliphatic carbocycles. The van der Waals surface area contributed by atoms with Crippen molar-refractivity contribution in [2.75, 3.05) is 0 Å². The number of hydrogen-bond donors (Lipinski definition) is 2. The number of Topliss-reactive ketones (excluding diaryl/α,β-unsaturated/α-hetero) is 1. The molecule has 21 heavy (non-hydrogen) atoms. The zero-order chi connectivity index (χ0) is 14.8. The molecule has 3 heteroatoms. The first-order valence-corrected chi connectivity index (χ1v) is 8.03. The molecule has 0 aliphatic heterocycles. The Morgan fingerprint density at radius 2 is 2.05 bits per heavy atom. The van der Waals surface area contributed by atoms with E-state index in [2.05, 4.69) is 19.1 Å². The van der Waals surface area contributed by atoms with Crippen molar-refractivity contribution in [1.29, 1.82) is 0 Å². The summed E-state index contributed by atoms with van der Waals surface area (Å²) in [6.45, 7) is 2.15. The summed E-state index contributed by atoms with van der Waals surface area (Å²) in [5, 5.41) is 19.9. The Morgan fingerprint density at radius 3 is 2.86 bits per heavy atom. The first kappa shape index (κ1) is 13.3. The lowest BCUT2D eigenvalue weighted by Crippen LogP contribution is -2.44. The van der Waals surface area contributed by atoms with Gasteiger partial charge in [-0.25, -0.2) is 0 Å². The van der Waals surface area contributed by atoms with E-state index in [9.17, 15) is 15.0 Å². The zero-order valence-corrected chi connectivity index (χ0v) is 12.3. The van der Waals surface area contributed by atoms with E-state index in [1.807, 2.05) is 6.08 Å². The van der Waals surface area contributed by atoms with Crippen LogP contribution in [-0.2, 0) is 4.79 Å². The molecule has 0 spiro atoms. The van der Waals surface area contributed by atoms with Gasteiger partial charge < -0.3 is 10.2 Å². The molecule has 0 radical (unpaired) electrons. The molecule has 0 bridgehead atoms. The second-order valence-electron chi connectivity index (χ2n) is 7.32. The molecule has 0 aromatic carbocycles. The molecule has 112 valence electrons. The molecule has 2 fully saturated rings. The molecule has 2 saturated carbocycles. The summed E-state index contributed by atoms with van der Waals surface area (Å²) in [6.07, 6.45) is 10.8. The molecule has 0 heterocycles. The van der Waals surface area contributed by atoms with Crippen molar-refractivity contribution in [3.63, 3.8) is 0 Å². The summed E-state index contributed by atoms with van der Waals surface area (Å²) < 4.78 is 0. The second-order valence-corrected chi connectivity index (χ2v) is 7.32. The third kappa shape index (κ3) is 1.67. The predicted octanol–water partition coefficient (Wildman–Crippen LogP) is 2.93. The van der Waals surface area contributed by atoms with Crippen molar-refractivity contribution in [2.24, 2.45) is 29.1 Å². The molecule has 0 saturated heterocycles. The third-order valence-corrected chi connectivity index (χ3v) is 6.49. The fourth-order valence-corrected chi connectivity index (χ4v) is 5.24. The molecule has 0 aromatic rings. The Hall–Kier alpha value is -1.35. The second kappa shape index (κ2) is 4.33.